The van der Waals surface area contributed by atoms with Gasteiger partial charge in [-0.05, 0) is 31.7 Å². The largest absolute Gasteiger partial charge is 0.419 e. The summed E-state index contributed by atoms with van der Waals surface area (Å²) >= 11 is 0. The van der Waals surface area contributed by atoms with Gasteiger partial charge in [-0.3, -0.25) is 4.79 Å². The second-order valence-electron chi connectivity index (χ2n) is 4.40. The first kappa shape index (κ1) is 16.4. The second-order valence-corrected chi connectivity index (χ2v) is 4.40. The molecule has 0 fully saturated rings. The third-order valence-corrected chi connectivity index (χ3v) is 2.60. The fourth-order valence-corrected chi connectivity index (χ4v) is 1.73. The number of carbonyl (C=O) groups is 1. The highest BCUT2D eigenvalue weighted by Gasteiger charge is 2.34. The molecule has 0 aliphatic rings. The molecule has 0 bridgehead atoms. The molecular formula is C13H16F4N2O. The number of anilines is 1. The number of benzene rings is 1. The van der Waals surface area contributed by atoms with Crippen molar-refractivity contribution in [3.63, 3.8) is 0 Å². The van der Waals surface area contributed by atoms with Crippen molar-refractivity contribution < 1.29 is 22.4 Å². The van der Waals surface area contributed by atoms with Crippen molar-refractivity contribution >= 4 is 11.6 Å². The first-order valence-corrected chi connectivity index (χ1v) is 6.14. The molecule has 0 saturated heterocycles. The summed E-state index contributed by atoms with van der Waals surface area (Å²) in [5.74, 6) is -1.80. The molecule has 7 heteroatoms. The van der Waals surface area contributed by atoms with Crippen LogP contribution in [-0.2, 0) is 11.0 Å². The Morgan fingerprint density at radius 1 is 1.35 bits per heavy atom. The van der Waals surface area contributed by atoms with E-state index in [0.717, 1.165) is 6.07 Å². The van der Waals surface area contributed by atoms with E-state index in [0.29, 0.717) is 18.7 Å². The number of carbonyl (C=O) groups excluding carboxylic acids is 1. The fraction of sp³-hybridized carbons (Fsp3) is 0.462. The quantitative estimate of drug-likeness (QED) is 0.818. The van der Waals surface area contributed by atoms with Gasteiger partial charge in [0.25, 0.3) is 0 Å². The molecule has 1 rings (SSSR count). The maximum Gasteiger partial charge on any atom is 0.419 e. The fourth-order valence-electron chi connectivity index (χ4n) is 1.73. The molecule has 1 aromatic rings. The van der Waals surface area contributed by atoms with Crippen molar-refractivity contribution in [1.29, 1.82) is 0 Å². The van der Waals surface area contributed by atoms with Gasteiger partial charge >= 0.3 is 6.18 Å². The van der Waals surface area contributed by atoms with E-state index >= 15 is 0 Å². The Morgan fingerprint density at radius 2 is 2.00 bits per heavy atom. The average molecular weight is 292 g/mol. The van der Waals surface area contributed by atoms with E-state index in [4.69, 9.17) is 0 Å². The number of hydrogen-bond donors (Lipinski definition) is 2. The van der Waals surface area contributed by atoms with Crippen molar-refractivity contribution in [2.45, 2.75) is 32.5 Å². The van der Waals surface area contributed by atoms with Crippen LogP contribution in [0.5, 0.6) is 0 Å². The minimum atomic E-state index is -4.79. The minimum Gasteiger partial charge on any atom is -0.326 e. The van der Waals surface area contributed by atoms with Gasteiger partial charge in [-0.2, -0.15) is 13.2 Å². The zero-order valence-corrected chi connectivity index (χ0v) is 11.1. The Balaban J connectivity index is 2.76. The highest BCUT2D eigenvalue weighted by atomic mass is 19.4. The molecule has 1 amide bonds. The van der Waals surface area contributed by atoms with E-state index in [2.05, 4.69) is 10.6 Å². The van der Waals surface area contributed by atoms with Crippen LogP contribution in [-0.4, -0.2) is 18.5 Å². The lowest BCUT2D eigenvalue weighted by molar-refractivity contribution is -0.140. The van der Waals surface area contributed by atoms with Gasteiger partial charge in [0, 0.05) is 18.2 Å². The zero-order valence-electron chi connectivity index (χ0n) is 11.1. The van der Waals surface area contributed by atoms with Gasteiger partial charge in [-0.15, -0.1) is 0 Å². The summed E-state index contributed by atoms with van der Waals surface area (Å²) in [6.45, 7) is 4.35. The maximum absolute atomic E-state index is 13.1. The van der Waals surface area contributed by atoms with E-state index in [1.807, 2.05) is 6.92 Å². The van der Waals surface area contributed by atoms with E-state index in [1.165, 1.54) is 0 Å². The molecule has 0 aliphatic carbocycles. The standard InChI is InChI=1S/C13H16F4N2O/c1-3-18-8(2)6-12(20)19-9-4-5-11(14)10(7-9)13(15,16)17/h4-5,7-8,18H,3,6H2,1-2H3,(H,19,20). The van der Waals surface area contributed by atoms with Gasteiger partial charge in [-0.25, -0.2) is 4.39 Å². The smallest absolute Gasteiger partial charge is 0.326 e. The van der Waals surface area contributed by atoms with E-state index in [1.54, 1.807) is 6.92 Å². The molecular weight excluding hydrogens is 276 g/mol. The van der Waals surface area contributed by atoms with Gasteiger partial charge in [0.2, 0.25) is 5.91 Å². The number of alkyl halides is 3. The van der Waals surface area contributed by atoms with Gasteiger partial charge in [0.05, 0.1) is 5.56 Å². The monoisotopic (exact) mass is 292 g/mol. The first-order valence-electron chi connectivity index (χ1n) is 6.14. The number of hydrogen-bond acceptors (Lipinski definition) is 2. The highest BCUT2D eigenvalue weighted by molar-refractivity contribution is 5.91. The predicted octanol–water partition coefficient (Wildman–Crippen LogP) is 3.17. The third kappa shape index (κ3) is 4.80. The number of halogens is 4. The van der Waals surface area contributed by atoms with Gasteiger partial charge < -0.3 is 10.6 Å². The van der Waals surface area contributed by atoms with E-state index < -0.39 is 23.5 Å². The van der Waals surface area contributed by atoms with Crippen LogP contribution >= 0.6 is 0 Å². The zero-order chi connectivity index (χ0) is 15.3. The second kappa shape index (κ2) is 6.69. The topological polar surface area (TPSA) is 41.1 Å². The molecule has 2 N–H and O–H groups in total. The lowest BCUT2D eigenvalue weighted by Crippen LogP contribution is -2.30. The van der Waals surface area contributed by atoms with Crippen molar-refractivity contribution in [3.8, 4) is 0 Å². The molecule has 0 radical (unpaired) electrons. The molecule has 0 heterocycles. The third-order valence-electron chi connectivity index (χ3n) is 2.60. The molecule has 112 valence electrons. The predicted molar refractivity (Wildman–Crippen MR) is 67.8 cm³/mol. The summed E-state index contributed by atoms with van der Waals surface area (Å²) in [5, 5.41) is 5.33. The Labute approximate surface area is 114 Å². The molecule has 0 aromatic heterocycles. The van der Waals surface area contributed by atoms with Gasteiger partial charge in [0.15, 0.2) is 0 Å². The highest BCUT2D eigenvalue weighted by Crippen LogP contribution is 2.32. The number of rotatable bonds is 5. The molecule has 20 heavy (non-hydrogen) atoms. The van der Waals surface area contributed by atoms with Crippen LogP contribution in [0.1, 0.15) is 25.8 Å². The summed E-state index contributed by atoms with van der Waals surface area (Å²) < 4.78 is 50.6. The molecule has 3 nitrogen and oxygen atoms in total. The average Bonchev–Trinajstić information content (AvgIpc) is 2.30. The minimum absolute atomic E-state index is 0.0765. The van der Waals surface area contributed by atoms with Crippen LogP contribution in [0.15, 0.2) is 18.2 Å². The van der Waals surface area contributed by atoms with E-state index in [-0.39, 0.29) is 18.2 Å². The molecule has 1 unspecified atom stereocenters. The Kier molecular flexibility index (Phi) is 5.50. The van der Waals surface area contributed by atoms with Crippen molar-refractivity contribution in [3.05, 3.63) is 29.6 Å². The summed E-state index contributed by atoms with van der Waals surface area (Å²) in [5.41, 5.74) is -1.47. The number of nitrogens with one attached hydrogen (secondary N) is 2. The van der Waals surface area contributed by atoms with Crippen LogP contribution in [0.25, 0.3) is 0 Å². The molecule has 0 spiro atoms. The van der Waals surface area contributed by atoms with Crippen molar-refractivity contribution in [2.75, 3.05) is 11.9 Å². The van der Waals surface area contributed by atoms with Gasteiger partial charge in [-0.1, -0.05) is 6.92 Å². The van der Waals surface area contributed by atoms with Crippen LogP contribution in [0.4, 0.5) is 23.2 Å². The number of amides is 1. The van der Waals surface area contributed by atoms with E-state index in [9.17, 15) is 22.4 Å². The summed E-state index contributed by atoms with van der Waals surface area (Å²) in [6.07, 6.45) is -4.67. The van der Waals surface area contributed by atoms with Crippen LogP contribution in [0.3, 0.4) is 0 Å². The summed E-state index contributed by atoms with van der Waals surface area (Å²) in [6, 6.07) is 2.28. The summed E-state index contributed by atoms with van der Waals surface area (Å²) in [7, 11) is 0. The Morgan fingerprint density at radius 3 is 2.55 bits per heavy atom. The Bertz CT molecular complexity index is 474. The van der Waals surface area contributed by atoms with Crippen LogP contribution < -0.4 is 10.6 Å². The maximum atomic E-state index is 13.1. The first-order chi connectivity index (χ1) is 9.24. The summed E-state index contributed by atoms with van der Waals surface area (Å²) in [4.78, 5) is 11.6. The molecule has 1 atom stereocenters. The van der Waals surface area contributed by atoms with Crippen molar-refractivity contribution in [1.82, 2.24) is 5.32 Å². The van der Waals surface area contributed by atoms with Crippen LogP contribution in [0.2, 0.25) is 0 Å². The lowest BCUT2D eigenvalue weighted by atomic mass is 10.1. The Hall–Kier alpha value is -1.63. The van der Waals surface area contributed by atoms with Crippen LogP contribution in [0, 0.1) is 5.82 Å². The SMILES string of the molecule is CCNC(C)CC(=O)Nc1ccc(F)c(C(F)(F)F)c1. The van der Waals surface area contributed by atoms with Crippen molar-refractivity contribution in [2.24, 2.45) is 0 Å². The molecule has 1 aromatic carbocycles. The molecule has 0 aliphatic heterocycles. The molecule has 0 saturated carbocycles. The lowest BCUT2D eigenvalue weighted by Gasteiger charge is -2.13. The normalized spacial score (nSPS) is 13.1. The van der Waals surface area contributed by atoms with Gasteiger partial charge in [0.1, 0.15) is 5.82 Å².